The van der Waals surface area contributed by atoms with Crippen LogP contribution in [-0.2, 0) is 14.3 Å². The van der Waals surface area contributed by atoms with Crippen LogP contribution in [0, 0.1) is 29.5 Å². The summed E-state index contributed by atoms with van der Waals surface area (Å²) in [6.07, 6.45) is 4.83. The molecule has 5 atom stereocenters. The van der Waals surface area contributed by atoms with E-state index in [2.05, 4.69) is 27.8 Å². The highest BCUT2D eigenvalue weighted by atomic mass is 127. The Balaban J connectivity index is 0.00000289. The highest BCUT2D eigenvalue weighted by Crippen LogP contribution is 2.52. The lowest BCUT2D eigenvalue weighted by Gasteiger charge is -2.19. The fourth-order valence-electron chi connectivity index (χ4n) is 4.98. The topological polar surface area (TPSA) is 83.0 Å². The van der Waals surface area contributed by atoms with Crippen molar-refractivity contribution in [3.05, 3.63) is 47.8 Å². The number of nitrogens with zero attached hydrogens (tertiary/aromatic N) is 2. The van der Waals surface area contributed by atoms with Crippen molar-refractivity contribution >= 4 is 41.8 Å². The second kappa shape index (κ2) is 10.7. The van der Waals surface area contributed by atoms with Crippen molar-refractivity contribution in [2.45, 2.75) is 19.4 Å². The Hall–Kier alpha value is -2.01. The van der Waals surface area contributed by atoms with E-state index >= 15 is 0 Å². The highest BCUT2D eigenvalue weighted by Gasteiger charge is 2.58. The number of halogens is 2. The number of rotatable bonds is 8. The van der Waals surface area contributed by atoms with Crippen LogP contribution < -0.4 is 10.6 Å². The van der Waals surface area contributed by atoms with Gasteiger partial charge in [-0.3, -0.25) is 19.5 Å². The number of methoxy groups -OCH3 is 1. The Labute approximate surface area is 204 Å². The number of benzene rings is 1. The molecule has 1 saturated carbocycles. The molecule has 1 aromatic carbocycles. The molecule has 2 N–H and O–H groups in total. The number of nitrogens with one attached hydrogen (secondary N) is 2. The second-order valence-electron chi connectivity index (χ2n) is 8.25. The van der Waals surface area contributed by atoms with E-state index in [1.54, 1.807) is 19.2 Å². The predicted octanol–water partition coefficient (Wildman–Crippen LogP) is 2.49. The summed E-state index contributed by atoms with van der Waals surface area (Å²) in [5.74, 6) is 0.327. The van der Waals surface area contributed by atoms with Crippen LogP contribution in [0.1, 0.15) is 25.0 Å². The third kappa shape index (κ3) is 4.83. The molecule has 1 heterocycles. The first-order valence-electron chi connectivity index (χ1n) is 10.9. The molecule has 174 valence electrons. The molecular formula is C23H30FIN4O3. The summed E-state index contributed by atoms with van der Waals surface area (Å²) in [4.78, 5) is 31.5. The molecule has 0 aromatic heterocycles. The van der Waals surface area contributed by atoms with Crippen molar-refractivity contribution in [1.82, 2.24) is 15.5 Å². The molecule has 3 aliphatic rings. The molecule has 2 bridgehead atoms. The van der Waals surface area contributed by atoms with Crippen molar-refractivity contribution in [2.24, 2.45) is 28.7 Å². The summed E-state index contributed by atoms with van der Waals surface area (Å²) in [5.41, 5.74) is 0.839. The zero-order valence-electron chi connectivity index (χ0n) is 18.3. The number of imide groups is 1. The average molecular weight is 556 g/mol. The standard InChI is InChI=1S/C23H29FN4O3.HI/c1-3-25-23(27-13-18(31-2)14-6-8-17(24)9-7-14)26-10-11-28-21(29)19-15-4-5-16(12-15)20(19)22(28)30;/h4-9,15-16,18-20H,3,10-13H2,1-2H3,(H2,25,26,27);1H. The fourth-order valence-corrected chi connectivity index (χ4v) is 4.98. The van der Waals surface area contributed by atoms with Crippen molar-refractivity contribution in [3.8, 4) is 0 Å². The van der Waals surface area contributed by atoms with E-state index in [0.29, 0.717) is 32.1 Å². The minimum absolute atomic E-state index is 0. The number of hydrogen-bond donors (Lipinski definition) is 2. The SMILES string of the molecule is CCNC(=NCC(OC)c1ccc(F)cc1)NCCN1C(=O)C2C3C=CC(C3)C2C1=O.I. The Morgan fingerprint density at radius 3 is 2.34 bits per heavy atom. The molecule has 2 aliphatic carbocycles. The first kappa shape index (κ1) is 24.6. The number of fused-ring (bicyclic) bond motifs is 5. The highest BCUT2D eigenvalue weighted by molar-refractivity contribution is 14.0. The van der Waals surface area contributed by atoms with Crippen LogP contribution >= 0.6 is 24.0 Å². The van der Waals surface area contributed by atoms with Crippen LogP contribution in [-0.4, -0.2) is 56.0 Å². The Morgan fingerprint density at radius 1 is 1.16 bits per heavy atom. The van der Waals surface area contributed by atoms with Gasteiger partial charge in [-0.1, -0.05) is 24.3 Å². The van der Waals surface area contributed by atoms with Crippen molar-refractivity contribution in [1.29, 1.82) is 0 Å². The molecule has 1 saturated heterocycles. The molecular weight excluding hydrogens is 526 g/mol. The Morgan fingerprint density at radius 2 is 1.78 bits per heavy atom. The number of allylic oxidation sites excluding steroid dienone is 2. The number of amides is 2. The zero-order valence-corrected chi connectivity index (χ0v) is 20.6. The van der Waals surface area contributed by atoms with Gasteiger partial charge in [0, 0.05) is 26.7 Å². The summed E-state index contributed by atoms with van der Waals surface area (Å²) in [7, 11) is 1.59. The van der Waals surface area contributed by atoms with Gasteiger partial charge >= 0.3 is 0 Å². The largest absolute Gasteiger partial charge is 0.375 e. The second-order valence-corrected chi connectivity index (χ2v) is 8.25. The van der Waals surface area contributed by atoms with Gasteiger partial charge in [0.25, 0.3) is 0 Å². The molecule has 4 rings (SSSR count). The van der Waals surface area contributed by atoms with Crippen LogP contribution in [0.5, 0.6) is 0 Å². The van der Waals surface area contributed by atoms with Gasteiger partial charge in [0.2, 0.25) is 11.8 Å². The lowest BCUT2D eigenvalue weighted by Crippen LogP contribution is -2.43. The van der Waals surface area contributed by atoms with Crippen molar-refractivity contribution in [2.75, 3.05) is 33.3 Å². The molecule has 2 amide bonds. The number of ether oxygens (including phenoxy) is 1. The first-order chi connectivity index (χ1) is 15.0. The number of aliphatic imine (C=N–C) groups is 1. The van der Waals surface area contributed by atoms with E-state index in [1.807, 2.05) is 6.92 Å². The summed E-state index contributed by atoms with van der Waals surface area (Å²) in [6, 6.07) is 6.16. The van der Waals surface area contributed by atoms with Gasteiger partial charge in [0.15, 0.2) is 5.96 Å². The molecule has 9 heteroatoms. The van der Waals surface area contributed by atoms with E-state index < -0.39 is 0 Å². The van der Waals surface area contributed by atoms with E-state index in [0.717, 1.165) is 12.0 Å². The Kier molecular flexibility index (Phi) is 8.26. The summed E-state index contributed by atoms with van der Waals surface area (Å²) in [6.45, 7) is 3.71. The average Bonchev–Trinajstić information content (AvgIpc) is 3.45. The van der Waals surface area contributed by atoms with Crippen LogP contribution in [0.4, 0.5) is 4.39 Å². The maximum Gasteiger partial charge on any atom is 0.233 e. The molecule has 5 unspecified atom stereocenters. The van der Waals surface area contributed by atoms with Crippen LogP contribution in [0.3, 0.4) is 0 Å². The molecule has 0 radical (unpaired) electrons. The molecule has 2 fully saturated rings. The van der Waals surface area contributed by atoms with E-state index in [4.69, 9.17) is 4.74 Å². The number of likely N-dealkylation sites (tertiary alicyclic amines) is 1. The third-order valence-electron chi connectivity index (χ3n) is 6.48. The van der Waals surface area contributed by atoms with Gasteiger partial charge in [0.1, 0.15) is 11.9 Å². The van der Waals surface area contributed by atoms with E-state index in [9.17, 15) is 14.0 Å². The summed E-state index contributed by atoms with van der Waals surface area (Å²) >= 11 is 0. The third-order valence-corrected chi connectivity index (χ3v) is 6.48. The minimum atomic E-state index is -0.305. The molecule has 7 nitrogen and oxygen atoms in total. The maximum atomic E-state index is 13.2. The monoisotopic (exact) mass is 556 g/mol. The summed E-state index contributed by atoms with van der Waals surface area (Å²) < 4.78 is 18.7. The van der Waals surface area contributed by atoms with Crippen molar-refractivity contribution < 1.29 is 18.7 Å². The Bertz CT molecular complexity index is 862. The molecule has 1 aromatic rings. The lowest BCUT2D eigenvalue weighted by atomic mass is 9.85. The molecule has 0 spiro atoms. The first-order valence-corrected chi connectivity index (χ1v) is 10.9. The number of hydrogen-bond acceptors (Lipinski definition) is 4. The van der Waals surface area contributed by atoms with Gasteiger partial charge in [-0.05, 0) is 42.9 Å². The summed E-state index contributed by atoms with van der Waals surface area (Å²) in [5, 5.41) is 6.35. The smallest absolute Gasteiger partial charge is 0.233 e. The quantitative estimate of drug-likeness (QED) is 0.169. The fraction of sp³-hybridized carbons (Fsp3) is 0.522. The van der Waals surface area contributed by atoms with E-state index in [-0.39, 0.29) is 71.4 Å². The van der Waals surface area contributed by atoms with Crippen LogP contribution in [0.15, 0.2) is 41.4 Å². The van der Waals surface area contributed by atoms with E-state index in [1.165, 1.54) is 17.0 Å². The molecule has 32 heavy (non-hydrogen) atoms. The normalized spacial score (nSPS) is 26.8. The van der Waals surface area contributed by atoms with Gasteiger partial charge in [-0.15, -0.1) is 24.0 Å². The molecule has 1 aliphatic heterocycles. The zero-order chi connectivity index (χ0) is 22.0. The van der Waals surface area contributed by atoms with Gasteiger partial charge < -0.3 is 15.4 Å². The van der Waals surface area contributed by atoms with Gasteiger partial charge in [-0.25, -0.2) is 4.39 Å². The van der Waals surface area contributed by atoms with Gasteiger partial charge in [-0.2, -0.15) is 0 Å². The number of guanidine groups is 1. The van der Waals surface area contributed by atoms with Gasteiger partial charge in [0.05, 0.1) is 18.4 Å². The maximum absolute atomic E-state index is 13.2. The number of carbonyl (C=O) groups is 2. The minimum Gasteiger partial charge on any atom is -0.375 e. The lowest BCUT2D eigenvalue weighted by molar-refractivity contribution is -0.140. The van der Waals surface area contributed by atoms with Crippen LogP contribution in [0.25, 0.3) is 0 Å². The predicted molar refractivity (Wildman–Crippen MR) is 130 cm³/mol. The number of carbonyl (C=O) groups excluding carboxylic acids is 2. The van der Waals surface area contributed by atoms with Crippen LogP contribution in [0.2, 0.25) is 0 Å². The van der Waals surface area contributed by atoms with Crippen molar-refractivity contribution in [3.63, 3.8) is 0 Å².